The SMILES string of the molecule is Clc1c2ssnc-2c2ccccc12. The normalized spacial score (nSPS) is 11.5. The van der Waals surface area contributed by atoms with Gasteiger partial charge in [0, 0.05) is 21.3 Å². The first-order chi connectivity index (χ1) is 6.38. The molecule has 1 nitrogen and oxygen atoms in total. The van der Waals surface area contributed by atoms with Crippen LogP contribution in [-0.4, -0.2) is 4.37 Å². The molecule has 0 saturated carbocycles. The largest absolute Gasteiger partial charge is 0.181 e. The first-order valence-electron chi connectivity index (χ1n) is 3.79. The van der Waals surface area contributed by atoms with Crippen molar-refractivity contribution in [3.63, 3.8) is 0 Å². The van der Waals surface area contributed by atoms with Gasteiger partial charge >= 0.3 is 0 Å². The lowest BCUT2D eigenvalue weighted by molar-refractivity contribution is 1.61. The average molecular weight is 226 g/mol. The fourth-order valence-electron chi connectivity index (χ4n) is 1.49. The maximum atomic E-state index is 6.21. The molecule has 0 saturated heterocycles. The lowest BCUT2D eigenvalue weighted by Crippen LogP contribution is -1.66. The van der Waals surface area contributed by atoms with Gasteiger partial charge in [-0.2, -0.15) is 4.37 Å². The zero-order chi connectivity index (χ0) is 8.84. The maximum Gasteiger partial charge on any atom is 0.104 e. The fraction of sp³-hybridized carbons (Fsp3) is 0. The topological polar surface area (TPSA) is 12.9 Å². The van der Waals surface area contributed by atoms with Crippen molar-refractivity contribution in [2.45, 2.75) is 0 Å². The Kier molecular flexibility index (Phi) is 1.59. The highest BCUT2D eigenvalue weighted by molar-refractivity contribution is 7.68. The molecule has 0 unspecified atom stereocenters. The highest BCUT2D eigenvalue weighted by atomic mass is 35.5. The number of hydrogen-bond acceptors (Lipinski definition) is 3. The van der Waals surface area contributed by atoms with Crippen LogP contribution in [0.15, 0.2) is 24.3 Å². The van der Waals surface area contributed by atoms with E-state index in [2.05, 4.69) is 10.4 Å². The Morgan fingerprint density at radius 1 is 1.15 bits per heavy atom. The number of rotatable bonds is 0. The summed E-state index contributed by atoms with van der Waals surface area (Å²) in [5, 5.41) is 3.13. The first kappa shape index (κ1) is 7.74. The molecule has 0 atom stereocenters. The Morgan fingerprint density at radius 2 is 1.92 bits per heavy atom. The van der Waals surface area contributed by atoms with Crippen LogP contribution in [0.25, 0.3) is 21.3 Å². The summed E-state index contributed by atoms with van der Waals surface area (Å²) in [6.07, 6.45) is 0. The predicted molar refractivity (Wildman–Crippen MR) is 59.1 cm³/mol. The Hall–Kier alpha value is -0.640. The molecular weight excluding hydrogens is 222 g/mol. The maximum absolute atomic E-state index is 6.21. The molecule has 0 amide bonds. The van der Waals surface area contributed by atoms with Gasteiger partial charge in [-0.1, -0.05) is 46.2 Å². The number of halogens is 1. The van der Waals surface area contributed by atoms with Crippen LogP contribution < -0.4 is 0 Å². The first-order valence-corrected chi connectivity index (χ1v) is 6.28. The molecular formula is C9H4ClNS2. The van der Waals surface area contributed by atoms with Gasteiger partial charge in [-0.05, 0) is 0 Å². The van der Waals surface area contributed by atoms with Crippen molar-refractivity contribution < 1.29 is 0 Å². The third-order valence-corrected chi connectivity index (χ3v) is 4.43. The third-order valence-electron chi connectivity index (χ3n) is 2.08. The van der Waals surface area contributed by atoms with Crippen LogP contribution in [0.5, 0.6) is 0 Å². The molecule has 4 heteroatoms. The number of fused-ring (bicyclic) bond motifs is 3. The second-order valence-electron chi connectivity index (χ2n) is 2.79. The van der Waals surface area contributed by atoms with E-state index in [9.17, 15) is 0 Å². The lowest BCUT2D eigenvalue weighted by Gasteiger charge is -1.87. The van der Waals surface area contributed by atoms with Crippen LogP contribution in [0.1, 0.15) is 0 Å². The summed E-state index contributed by atoms with van der Waals surface area (Å²) in [6, 6.07) is 8.12. The Bertz CT molecular complexity index is 540. The van der Waals surface area contributed by atoms with E-state index < -0.39 is 0 Å². The quantitative estimate of drug-likeness (QED) is 0.525. The minimum atomic E-state index is 0.851. The Balaban J connectivity index is 2.62. The van der Waals surface area contributed by atoms with Gasteiger partial charge in [0.05, 0.1) is 9.90 Å². The lowest BCUT2D eigenvalue weighted by atomic mass is 10.2. The summed E-state index contributed by atoms with van der Waals surface area (Å²) in [7, 11) is 3.13. The molecule has 13 heavy (non-hydrogen) atoms. The van der Waals surface area contributed by atoms with E-state index in [0.29, 0.717) is 0 Å². The molecule has 1 aliphatic heterocycles. The number of benzene rings is 1. The van der Waals surface area contributed by atoms with Crippen LogP contribution in [0, 0.1) is 0 Å². The zero-order valence-electron chi connectivity index (χ0n) is 6.45. The molecule has 1 aromatic carbocycles. The van der Waals surface area contributed by atoms with Gasteiger partial charge in [0.15, 0.2) is 0 Å². The highest BCUT2D eigenvalue weighted by Crippen LogP contribution is 2.45. The average Bonchev–Trinajstić information content (AvgIpc) is 2.72. The second kappa shape index (κ2) is 2.67. The van der Waals surface area contributed by atoms with Crippen molar-refractivity contribution >= 4 is 43.2 Å². The monoisotopic (exact) mass is 225 g/mol. The molecule has 2 aliphatic rings. The standard InChI is InChI=1S/C9H4ClNS2/c10-7-5-3-1-2-4-6(5)8-9(7)12-13-11-8/h1-4H. The van der Waals surface area contributed by atoms with Crippen molar-refractivity contribution in [2.75, 3.05) is 0 Å². The van der Waals surface area contributed by atoms with E-state index in [0.717, 1.165) is 21.0 Å². The molecule has 0 radical (unpaired) electrons. The minimum absolute atomic E-state index is 0.851. The molecule has 0 N–H and O–H groups in total. The van der Waals surface area contributed by atoms with Gasteiger partial charge in [0.2, 0.25) is 0 Å². The molecule has 64 valence electrons. The Morgan fingerprint density at radius 3 is 2.77 bits per heavy atom. The predicted octanol–water partition coefficient (Wildman–Crippen LogP) is 4.12. The zero-order valence-corrected chi connectivity index (χ0v) is 8.84. The number of nitrogens with zero attached hydrogens (tertiary/aromatic N) is 1. The molecule has 0 aromatic heterocycles. The van der Waals surface area contributed by atoms with Crippen LogP contribution >= 0.6 is 32.5 Å². The van der Waals surface area contributed by atoms with E-state index in [1.807, 2.05) is 18.2 Å². The van der Waals surface area contributed by atoms with Gasteiger partial charge in [-0.25, -0.2) is 0 Å². The number of hydrogen-bond donors (Lipinski definition) is 0. The molecule has 0 fully saturated rings. The van der Waals surface area contributed by atoms with Gasteiger partial charge in [-0.3, -0.25) is 0 Å². The van der Waals surface area contributed by atoms with E-state index in [1.54, 1.807) is 10.3 Å². The van der Waals surface area contributed by atoms with Crippen molar-refractivity contribution in [1.82, 2.24) is 4.37 Å². The molecule has 1 heterocycles. The van der Waals surface area contributed by atoms with Crippen molar-refractivity contribution in [3.05, 3.63) is 29.3 Å². The second-order valence-corrected chi connectivity index (χ2v) is 5.02. The fourth-order valence-corrected chi connectivity index (χ4v) is 3.89. The van der Waals surface area contributed by atoms with E-state index in [4.69, 9.17) is 11.6 Å². The van der Waals surface area contributed by atoms with Gasteiger partial charge in [0.1, 0.15) is 5.69 Å². The summed E-state index contributed by atoms with van der Waals surface area (Å²) >= 11 is 6.21. The van der Waals surface area contributed by atoms with E-state index >= 15 is 0 Å². The van der Waals surface area contributed by atoms with Gasteiger partial charge < -0.3 is 0 Å². The summed E-state index contributed by atoms with van der Waals surface area (Å²) < 4.78 is 4.34. The van der Waals surface area contributed by atoms with Crippen LogP contribution in [0.4, 0.5) is 0 Å². The van der Waals surface area contributed by atoms with Crippen LogP contribution in [0.2, 0.25) is 5.02 Å². The van der Waals surface area contributed by atoms with Crippen molar-refractivity contribution in [3.8, 4) is 10.6 Å². The molecule has 0 spiro atoms. The highest BCUT2D eigenvalue weighted by Gasteiger charge is 2.18. The van der Waals surface area contributed by atoms with Crippen LogP contribution in [-0.2, 0) is 0 Å². The number of aromatic nitrogens is 1. The molecule has 3 rings (SSSR count). The summed E-state index contributed by atoms with van der Waals surface area (Å²) in [5.41, 5.74) is 1.05. The van der Waals surface area contributed by atoms with Gasteiger partial charge in [0.25, 0.3) is 0 Å². The smallest absolute Gasteiger partial charge is 0.104 e. The summed E-state index contributed by atoms with van der Waals surface area (Å²) in [4.78, 5) is 1.12. The third kappa shape index (κ3) is 0.950. The summed E-state index contributed by atoms with van der Waals surface area (Å²) in [6.45, 7) is 0. The van der Waals surface area contributed by atoms with E-state index in [-0.39, 0.29) is 0 Å². The van der Waals surface area contributed by atoms with Crippen molar-refractivity contribution in [2.24, 2.45) is 0 Å². The minimum Gasteiger partial charge on any atom is -0.181 e. The molecule has 1 aromatic rings. The van der Waals surface area contributed by atoms with Crippen molar-refractivity contribution in [1.29, 1.82) is 0 Å². The Labute approximate surface area is 87.5 Å². The van der Waals surface area contributed by atoms with Crippen LogP contribution in [0.3, 0.4) is 0 Å². The summed E-state index contributed by atoms with van der Waals surface area (Å²) in [5.74, 6) is 0. The van der Waals surface area contributed by atoms with E-state index in [1.165, 1.54) is 15.9 Å². The molecule has 0 bridgehead atoms. The van der Waals surface area contributed by atoms with Gasteiger partial charge in [-0.15, -0.1) is 0 Å². The molecule has 1 aliphatic carbocycles.